The van der Waals surface area contributed by atoms with Crippen LogP contribution < -0.4 is 5.32 Å². The van der Waals surface area contributed by atoms with E-state index in [1.54, 1.807) is 12.1 Å². The molecular weight excluding hydrogens is 321 g/mol. The molecule has 2 rings (SSSR count). The van der Waals surface area contributed by atoms with Crippen LogP contribution in [0, 0.1) is 11.7 Å². The van der Waals surface area contributed by atoms with Crippen LogP contribution in [0.5, 0.6) is 0 Å². The first-order valence-corrected chi connectivity index (χ1v) is 7.30. The van der Waals surface area contributed by atoms with Gasteiger partial charge in [-0.05, 0) is 46.5 Å². The average Bonchev–Trinajstić information content (AvgIpc) is 2.40. The second-order valence-electron chi connectivity index (χ2n) is 5.04. The van der Waals surface area contributed by atoms with Crippen LogP contribution in [0.1, 0.15) is 19.5 Å². The maximum absolute atomic E-state index is 13.3. The number of halogens is 2. The molecule has 0 saturated carbocycles. The summed E-state index contributed by atoms with van der Waals surface area (Å²) in [5, 5.41) is 3.04. The van der Waals surface area contributed by atoms with Crippen molar-refractivity contribution in [3.8, 4) is 11.4 Å². The van der Waals surface area contributed by atoms with E-state index in [9.17, 15) is 4.39 Å². The third-order valence-corrected chi connectivity index (χ3v) is 3.44. The minimum absolute atomic E-state index is 0.291. The Labute approximate surface area is 126 Å². The lowest BCUT2D eigenvalue weighted by Crippen LogP contribution is -2.03. The number of rotatable bonds is 4. The molecule has 0 radical (unpaired) electrons. The molecule has 5 heteroatoms. The van der Waals surface area contributed by atoms with Crippen LogP contribution in [-0.2, 0) is 6.42 Å². The fraction of sp³-hybridized carbons (Fsp3) is 0.333. The predicted molar refractivity (Wildman–Crippen MR) is 83.2 cm³/mol. The molecule has 0 unspecified atom stereocenters. The second-order valence-corrected chi connectivity index (χ2v) is 5.90. The maximum atomic E-state index is 13.3. The van der Waals surface area contributed by atoms with Crippen LogP contribution >= 0.6 is 15.9 Å². The lowest BCUT2D eigenvalue weighted by atomic mass is 10.1. The Morgan fingerprint density at radius 1 is 1.25 bits per heavy atom. The molecule has 0 bridgehead atoms. The summed E-state index contributed by atoms with van der Waals surface area (Å²) in [6, 6.07) is 6.75. The molecule has 0 amide bonds. The number of hydrogen-bond acceptors (Lipinski definition) is 3. The van der Waals surface area contributed by atoms with Crippen LogP contribution in [0.15, 0.2) is 28.7 Å². The van der Waals surface area contributed by atoms with Crippen molar-refractivity contribution in [2.45, 2.75) is 20.3 Å². The van der Waals surface area contributed by atoms with Gasteiger partial charge in [-0.3, -0.25) is 0 Å². The molecule has 1 aromatic carbocycles. The van der Waals surface area contributed by atoms with Crippen molar-refractivity contribution in [2.75, 3.05) is 12.4 Å². The first-order valence-electron chi connectivity index (χ1n) is 6.50. The Morgan fingerprint density at radius 2 is 2.00 bits per heavy atom. The third-order valence-electron chi connectivity index (χ3n) is 2.83. The standard InChI is InChI=1S/C15H17BrFN3/c1-9(2)6-11-8-14(18-3)20-15(19-11)10-4-5-13(17)12(16)7-10/h4-5,7-9H,6H2,1-3H3,(H,18,19,20). The molecule has 0 aliphatic carbocycles. The highest BCUT2D eigenvalue weighted by Crippen LogP contribution is 2.24. The summed E-state index contributed by atoms with van der Waals surface area (Å²) in [6.07, 6.45) is 0.882. The molecule has 106 valence electrons. The summed E-state index contributed by atoms with van der Waals surface area (Å²) in [5.74, 6) is 1.60. The van der Waals surface area contributed by atoms with Crippen molar-refractivity contribution in [1.82, 2.24) is 9.97 Å². The van der Waals surface area contributed by atoms with Gasteiger partial charge in [0.2, 0.25) is 0 Å². The first-order chi connectivity index (χ1) is 9.49. The number of nitrogens with one attached hydrogen (secondary N) is 1. The van der Waals surface area contributed by atoms with Crippen LogP contribution in [0.3, 0.4) is 0 Å². The molecular formula is C15H17BrFN3. The second kappa shape index (κ2) is 6.31. The molecule has 0 saturated heterocycles. The fourth-order valence-corrected chi connectivity index (χ4v) is 2.29. The van der Waals surface area contributed by atoms with Gasteiger partial charge >= 0.3 is 0 Å². The van der Waals surface area contributed by atoms with Gasteiger partial charge in [0.25, 0.3) is 0 Å². The Balaban J connectivity index is 2.46. The summed E-state index contributed by atoms with van der Waals surface area (Å²) in [6.45, 7) is 4.30. The average molecular weight is 338 g/mol. The van der Waals surface area contributed by atoms with Gasteiger partial charge in [-0.25, -0.2) is 14.4 Å². The van der Waals surface area contributed by atoms with Crippen molar-refractivity contribution in [1.29, 1.82) is 0 Å². The van der Waals surface area contributed by atoms with Gasteiger partial charge in [0, 0.05) is 24.4 Å². The van der Waals surface area contributed by atoms with E-state index in [-0.39, 0.29) is 5.82 Å². The smallest absolute Gasteiger partial charge is 0.161 e. The molecule has 3 nitrogen and oxygen atoms in total. The largest absolute Gasteiger partial charge is 0.373 e. The normalized spacial score (nSPS) is 10.9. The van der Waals surface area contributed by atoms with Crippen molar-refractivity contribution in [2.24, 2.45) is 5.92 Å². The van der Waals surface area contributed by atoms with Gasteiger partial charge < -0.3 is 5.32 Å². The van der Waals surface area contributed by atoms with Crippen LogP contribution in [-0.4, -0.2) is 17.0 Å². The quantitative estimate of drug-likeness (QED) is 0.904. The zero-order chi connectivity index (χ0) is 14.7. The van der Waals surface area contributed by atoms with Crippen molar-refractivity contribution in [3.63, 3.8) is 0 Å². The minimum atomic E-state index is -0.291. The van der Waals surface area contributed by atoms with Crippen LogP contribution in [0.2, 0.25) is 0 Å². The van der Waals surface area contributed by atoms with E-state index in [0.717, 1.165) is 23.5 Å². The van der Waals surface area contributed by atoms with E-state index in [2.05, 4.69) is 45.1 Å². The topological polar surface area (TPSA) is 37.8 Å². The predicted octanol–water partition coefficient (Wildman–Crippen LogP) is 4.29. The van der Waals surface area contributed by atoms with E-state index >= 15 is 0 Å². The minimum Gasteiger partial charge on any atom is -0.373 e. The van der Waals surface area contributed by atoms with E-state index < -0.39 is 0 Å². The summed E-state index contributed by atoms with van der Waals surface area (Å²) in [5.41, 5.74) is 1.77. The summed E-state index contributed by atoms with van der Waals surface area (Å²) in [7, 11) is 1.83. The highest BCUT2D eigenvalue weighted by Gasteiger charge is 2.09. The van der Waals surface area contributed by atoms with E-state index in [1.165, 1.54) is 6.07 Å². The summed E-state index contributed by atoms with van der Waals surface area (Å²) < 4.78 is 13.7. The zero-order valence-electron chi connectivity index (χ0n) is 11.7. The number of nitrogens with zero attached hydrogens (tertiary/aromatic N) is 2. The molecule has 0 aliphatic rings. The Morgan fingerprint density at radius 3 is 2.60 bits per heavy atom. The zero-order valence-corrected chi connectivity index (χ0v) is 13.3. The molecule has 1 aromatic heterocycles. The van der Waals surface area contributed by atoms with Crippen LogP contribution in [0.4, 0.5) is 10.2 Å². The summed E-state index contributed by atoms with van der Waals surface area (Å²) >= 11 is 3.19. The molecule has 0 atom stereocenters. The number of benzene rings is 1. The van der Waals surface area contributed by atoms with Gasteiger partial charge in [-0.1, -0.05) is 13.8 Å². The first kappa shape index (κ1) is 14.9. The van der Waals surface area contributed by atoms with Gasteiger partial charge in [0.05, 0.1) is 4.47 Å². The van der Waals surface area contributed by atoms with Crippen LogP contribution in [0.25, 0.3) is 11.4 Å². The van der Waals surface area contributed by atoms with Crippen molar-refractivity contribution < 1.29 is 4.39 Å². The molecule has 0 aliphatic heterocycles. The highest BCUT2D eigenvalue weighted by atomic mass is 79.9. The van der Waals surface area contributed by atoms with Gasteiger partial charge in [0.15, 0.2) is 5.82 Å². The van der Waals surface area contributed by atoms with Crippen molar-refractivity contribution >= 4 is 21.7 Å². The lowest BCUT2D eigenvalue weighted by molar-refractivity contribution is 0.621. The molecule has 2 aromatic rings. The monoisotopic (exact) mass is 337 g/mol. The number of hydrogen-bond donors (Lipinski definition) is 1. The molecule has 0 spiro atoms. The summed E-state index contributed by atoms with van der Waals surface area (Å²) in [4.78, 5) is 9.00. The maximum Gasteiger partial charge on any atom is 0.161 e. The Kier molecular flexibility index (Phi) is 4.70. The van der Waals surface area contributed by atoms with E-state index in [1.807, 2.05) is 13.1 Å². The van der Waals surface area contributed by atoms with E-state index in [0.29, 0.717) is 16.2 Å². The van der Waals surface area contributed by atoms with Gasteiger partial charge in [-0.15, -0.1) is 0 Å². The highest BCUT2D eigenvalue weighted by molar-refractivity contribution is 9.10. The van der Waals surface area contributed by atoms with E-state index in [4.69, 9.17) is 0 Å². The van der Waals surface area contributed by atoms with Gasteiger partial charge in [0.1, 0.15) is 11.6 Å². The number of aromatic nitrogens is 2. The van der Waals surface area contributed by atoms with Crippen molar-refractivity contribution in [3.05, 3.63) is 40.2 Å². The third kappa shape index (κ3) is 3.54. The molecule has 1 heterocycles. The fourth-order valence-electron chi connectivity index (χ4n) is 1.91. The Bertz CT molecular complexity index is 614. The Hall–Kier alpha value is -1.49. The molecule has 1 N–H and O–H groups in total. The number of anilines is 1. The molecule has 0 fully saturated rings. The lowest BCUT2D eigenvalue weighted by Gasteiger charge is -2.10. The molecule has 20 heavy (non-hydrogen) atoms. The van der Waals surface area contributed by atoms with Gasteiger partial charge in [-0.2, -0.15) is 0 Å². The SMILES string of the molecule is CNc1cc(CC(C)C)nc(-c2ccc(F)c(Br)c2)n1.